The number of hydrogen-bond donors (Lipinski definition) is 9. The van der Waals surface area contributed by atoms with Gasteiger partial charge in [-0.15, -0.1) is 0 Å². The number of imidazole rings is 1. The van der Waals surface area contributed by atoms with Crippen molar-refractivity contribution in [2.45, 2.75) is 76.7 Å². The molecule has 6 atom stereocenters. The number of carboxylic acids is 1. The van der Waals surface area contributed by atoms with Crippen LogP contribution in [-0.2, 0) is 25.6 Å². The molecule has 208 valence electrons. The van der Waals surface area contributed by atoms with Gasteiger partial charge in [0.25, 0.3) is 0 Å². The van der Waals surface area contributed by atoms with Gasteiger partial charge in [-0.25, -0.2) is 9.78 Å². The van der Waals surface area contributed by atoms with Gasteiger partial charge in [0.1, 0.15) is 24.2 Å². The maximum Gasteiger partial charge on any atom is 0.326 e. The van der Waals surface area contributed by atoms with Gasteiger partial charge in [0, 0.05) is 24.9 Å². The van der Waals surface area contributed by atoms with Gasteiger partial charge in [0.05, 0.1) is 12.4 Å². The fourth-order valence-electron chi connectivity index (χ4n) is 3.29. The molecule has 6 unspecified atom stereocenters. The largest absolute Gasteiger partial charge is 0.480 e. The van der Waals surface area contributed by atoms with Gasteiger partial charge in [-0.1, -0.05) is 20.3 Å². The maximum absolute atomic E-state index is 13.2. The summed E-state index contributed by atoms with van der Waals surface area (Å²) < 4.78 is 0. The smallest absolute Gasteiger partial charge is 0.326 e. The number of amides is 3. The summed E-state index contributed by atoms with van der Waals surface area (Å²) in [6.07, 6.45) is 2.51. The Kier molecular flexibility index (Phi) is 13.0. The molecule has 1 rings (SSSR count). The van der Waals surface area contributed by atoms with Gasteiger partial charge < -0.3 is 48.3 Å². The first kappa shape index (κ1) is 31.3. The van der Waals surface area contributed by atoms with E-state index in [1.807, 2.05) is 6.92 Å². The summed E-state index contributed by atoms with van der Waals surface area (Å²) in [7, 11) is 0. The lowest BCUT2D eigenvalue weighted by Crippen LogP contribution is -2.59. The lowest BCUT2D eigenvalue weighted by molar-refractivity contribution is -0.142. The van der Waals surface area contributed by atoms with Crippen LogP contribution in [0.4, 0.5) is 0 Å². The molecule has 0 saturated carbocycles. The Bertz CT molecular complexity index is 918. The SMILES string of the molecule is CCC(C)C(NC(=O)C(N)C(C)O)C(=O)NC(CCCN=C(N)N)C(=O)NC(Cc1cnc[nH]1)C(=O)O. The normalized spacial score (nSPS) is 15.8. The number of aromatic amines is 1. The number of carboxylic acid groups (broad SMARTS) is 1. The monoisotopic (exact) mass is 525 g/mol. The molecule has 12 N–H and O–H groups in total. The summed E-state index contributed by atoms with van der Waals surface area (Å²) in [5.74, 6) is -3.88. The molecule has 0 spiro atoms. The van der Waals surface area contributed by atoms with Crippen LogP contribution < -0.4 is 33.2 Å². The standard InChI is InChI=1S/C22H39N9O6/c1-4-11(2)17(31-19(34)16(23)12(3)32)20(35)29-14(6-5-7-27-22(24)25)18(33)30-15(21(36)37)8-13-9-26-10-28-13/h9-12,14-17,32H,4-8,23H2,1-3H3,(H,26,28)(H,29,35)(H,30,33)(H,31,34)(H,36,37)(H4,24,25,27). The van der Waals surface area contributed by atoms with Crippen molar-refractivity contribution in [2.24, 2.45) is 28.1 Å². The van der Waals surface area contributed by atoms with Crippen LogP contribution in [0.25, 0.3) is 0 Å². The van der Waals surface area contributed by atoms with E-state index in [1.165, 1.54) is 19.4 Å². The summed E-state index contributed by atoms with van der Waals surface area (Å²) >= 11 is 0. The topological polar surface area (TPSA) is 264 Å². The van der Waals surface area contributed by atoms with E-state index in [0.29, 0.717) is 18.5 Å². The van der Waals surface area contributed by atoms with Crippen LogP contribution in [0.15, 0.2) is 17.5 Å². The van der Waals surface area contributed by atoms with Crippen molar-refractivity contribution >= 4 is 29.7 Å². The number of nitrogens with zero attached hydrogens (tertiary/aromatic N) is 2. The van der Waals surface area contributed by atoms with E-state index in [9.17, 15) is 29.4 Å². The zero-order chi connectivity index (χ0) is 28.1. The van der Waals surface area contributed by atoms with Crippen molar-refractivity contribution < 1.29 is 29.4 Å². The average Bonchev–Trinajstić information content (AvgIpc) is 3.35. The fraction of sp³-hybridized carbons (Fsp3) is 0.636. The van der Waals surface area contributed by atoms with Crippen LogP contribution in [0.3, 0.4) is 0 Å². The second kappa shape index (κ2) is 15.4. The van der Waals surface area contributed by atoms with E-state index < -0.39 is 54.0 Å². The minimum atomic E-state index is -1.29. The zero-order valence-electron chi connectivity index (χ0n) is 21.3. The third kappa shape index (κ3) is 10.8. The molecule has 0 aromatic carbocycles. The van der Waals surface area contributed by atoms with Crippen molar-refractivity contribution in [3.8, 4) is 0 Å². The highest BCUT2D eigenvalue weighted by Crippen LogP contribution is 2.11. The molecule has 0 saturated heterocycles. The Balaban J connectivity index is 3.07. The van der Waals surface area contributed by atoms with Gasteiger partial charge >= 0.3 is 5.97 Å². The first-order valence-electron chi connectivity index (χ1n) is 12.0. The molecule has 3 amide bonds. The summed E-state index contributed by atoms with van der Waals surface area (Å²) in [5, 5.41) is 26.8. The second-order valence-electron chi connectivity index (χ2n) is 8.83. The third-order valence-electron chi connectivity index (χ3n) is 5.79. The zero-order valence-corrected chi connectivity index (χ0v) is 21.3. The molecule has 1 aromatic heterocycles. The van der Waals surface area contributed by atoms with Crippen LogP contribution in [0.2, 0.25) is 0 Å². The lowest BCUT2D eigenvalue weighted by atomic mass is 9.96. The summed E-state index contributed by atoms with van der Waals surface area (Å²) in [5.41, 5.74) is 16.8. The van der Waals surface area contributed by atoms with Crippen molar-refractivity contribution in [3.63, 3.8) is 0 Å². The fourth-order valence-corrected chi connectivity index (χ4v) is 3.29. The molecule has 0 aliphatic rings. The Labute approximate surface area is 215 Å². The Morgan fingerprint density at radius 1 is 1.08 bits per heavy atom. The van der Waals surface area contributed by atoms with E-state index in [0.717, 1.165) is 0 Å². The highest BCUT2D eigenvalue weighted by Gasteiger charge is 2.33. The van der Waals surface area contributed by atoms with Crippen molar-refractivity contribution in [1.29, 1.82) is 0 Å². The minimum absolute atomic E-state index is 0.0570. The van der Waals surface area contributed by atoms with Crippen molar-refractivity contribution in [1.82, 2.24) is 25.9 Å². The second-order valence-corrected chi connectivity index (χ2v) is 8.83. The Hall–Kier alpha value is -3.72. The predicted octanol–water partition coefficient (Wildman–Crippen LogP) is -2.70. The van der Waals surface area contributed by atoms with Gasteiger partial charge in [0.15, 0.2) is 5.96 Å². The maximum atomic E-state index is 13.2. The van der Waals surface area contributed by atoms with Gasteiger partial charge in [0.2, 0.25) is 17.7 Å². The number of carbonyl (C=O) groups is 4. The first-order valence-corrected chi connectivity index (χ1v) is 12.0. The van der Waals surface area contributed by atoms with E-state index >= 15 is 0 Å². The number of nitrogens with two attached hydrogens (primary N) is 3. The number of aromatic nitrogens is 2. The van der Waals surface area contributed by atoms with E-state index in [2.05, 4.69) is 30.9 Å². The minimum Gasteiger partial charge on any atom is -0.480 e. The van der Waals surface area contributed by atoms with Crippen LogP contribution in [-0.4, -0.2) is 86.6 Å². The molecule has 0 bridgehead atoms. The predicted molar refractivity (Wildman–Crippen MR) is 135 cm³/mol. The highest BCUT2D eigenvalue weighted by molar-refractivity contribution is 5.94. The van der Waals surface area contributed by atoms with Crippen LogP contribution in [0, 0.1) is 5.92 Å². The molecular formula is C22H39N9O6. The van der Waals surface area contributed by atoms with Crippen molar-refractivity contribution in [3.05, 3.63) is 18.2 Å². The molecule has 37 heavy (non-hydrogen) atoms. The number of hydrogen-bond acceptors (Lipinski definition) is 8. The Morgan fingerprint density at radius 3 is 2.24 bits per heavy atom. The number of aliphatic hydroxyl groups is 1. The van der Waals surface area contributed by atoms with Gasteiger partial charge in [-0.05, 0) is 25.7 Å². The van der Waals surface area contributed by atoms with Gasteiger partial charge in [-0.2, -0.15) is 0 Å². The third-order valence-corrected chi connectivity index (χ3v) is 5.79. The lowest BCUT2D eigenvalue weighted by Gasteiger charge is -2.28. The molecule has 0 aliphatic heterocycles. The number of aliphatic imine (C=N–C) groups is 1. The number of aliphatic hydroxyl groups excluding tert-OH is 1. The Morgan fingerprint density at radius 2 is 1.73 bits per heavy atom. The van der Waals surface area contributed by atoms with Crippen molar-refractivity contribution in [2.75, 3.05) is 6.54 Å². The van der Waals surface area contributed by atoms with Crippen LogP contribution in [0.1, 0.15) is 45.7 Å². The molecule has 0 radical (unpaired) electrons. The number of rotatable bonds is 16. The van der Waals surface area contributed by atoms with E-state index in [4.69, 9.17) is 17.2 Å². The number of aliphatic carboxylic acids is 1. The van der Waals surface area contributed by atoms with Gasteiger partial charge in [-0.3, -0.25) is 19.4 Å². The molecule has 1 heterocycles. The quantitative estimate of drug-likeness (QED) is 0.0612. The number of carbonyl (C=O) groups excluding carboxylic acids is 3. The van der Waals surface area contributed by atoms with Crippen LogP contribution >= 0.6 is 0 Å². The molecule has 0 aliphatic carbocycles. The molecule has 15 nitrogen and oxygen atoms in total. The van der Waals surface area contributed by atoms with E-state index in [1.54, 1.807) is 6.92 Å². The average molecular weight is 526 g/mol. The van der Waals surface area contributed by atoms with Crippen LogP contribution in [0.5, 0.6) is 0 Å². The molecular weight excluding hydrogens is 486 g/mol. The summed E-state index contributed by atoms with van der Waals surface area (Å²) in [6, 6.07) is -4.76. The summed E-state index contributed by atoms with van der Waals surface area (Å²) in [4.78, 5) is 60.9. The molecule has 15 heteroatoms. The number of nitrogens with one attached hydrogen (secondary N) is 4. The molecule has 0 fully saturated rings. The highest BCUT2D eigenvalue weighted by atomic mass is 16.4. The van der Waals surface area contributed by atoms with E-state index in [-0.39, 0.29) is 31.3 Å². The molecule has 1 aromatic rings. The number of H-pyrrole nitrogens is 1. The summed E-state index contributed by atoms with van der Waals surface area (Å²) in [6.45, 7) is 5.07. The number of guanidine groups is 1. The first-order chi connectivity index (χ1) is 17.4.